The van der Waals surface area contributed by atoms with Crippen LogP contribution < -0.4 is 10.5 Å². The summed E-state index contributed by atoms with van der Waals surface area (Å²) in [6.45, 7) is 1.68. The number of aromatic nitrogens is 2. The van der Waals surface area contributed by atoms with E-state index in [9.17, 15) is 9.90 Å². The molecule has 0 bridgehead atoms. The van der Waals surface area contributed by atoms with E-state index in [2.05, 4.69) is 10.00 Å². The Morgan fingerprint density at radius 1 is 1.40 bits per heavy atom. The number of hydrogen-bond acceptors (Lipinski definition) is 5. The fourth-order valence-electron chi connectivity index (χ4n) is 3.19. The van der Waals surface area contributed by atoms with Crippen molar-refractivity contribution in [2.24, 2.45) is 0 Å². The van der Waals surface area contributed by atoms with Gasteiger partial charge in [0.1, 0.15) is 0 Å². The van der Waals surface area contributed by atoms with Crippen LogP contribution in [0, 0.1) is 0 Å². The van der Waals surface area contributed by atoms with Gasteiger partial charge in [0.2, 0.25) is 0 Å². The van der Waals surface area contributed by atoms with Gasteiger partial charge < -0.3 is 14.7 Å². The van der Waals surface area contributed by atoms with E-state index < -0.39 is 6.10 Å². The Bertz CT molecular complexity index is 531. The molecule has 0 spiro atoms. The standard InChI is InChI=1S/C14H21N3O3/c1-20-11-5-6-16(9-11)10-7-14(19)17(15-8-10)12-3-2-4-13(12)18/h7-8,11-13,18H,2-6,9H2,1H3/t11?,12-,13-/m0/s1. The molecular formula is C14H21N3O3. The lowest BCUT2D eigenvalue weighted by Gasteiger charge is -2.20. The molecule has 0 aromatic carbocycles. The van der Waals surface area contributed by atoms with Crippen LogP contribution in [0.4, 0.5) is 5.69 Å². The quantitative estimate of drug-likeness (QED) is 0.875. The average molecular weight is 279 g/mol. The van der Waals surface area contributed by atoms with E-state index >= 15 is 0 Å². The fourth-order valence-corrected chi connectivity index (χ4v) is 3.19. The van der Waals surface area contributed by atoms with Crippen molar-refractivity contribution in [3.05, 3.63) is 22.6 Å². The van der Waals surface area contributed by atoms with Crippen LogP contribution in [-0.2, 0) is 4.74 Å². The number of aliphatic hydroxyl groups is 1. The zero-order valence-electron chi connectivity index (χ0n) is 11.7. The highest BCUT2D eigenvalue weighted by Gasteiger charge is 2.29. The summed E-state index contributed by atoms with van der Waals surface area (Å²) < 4.78 is 6.77. The number of methoxy groups -OCH3 is 1. The smallest absolute Gasteiger partial charge is 0.269 e. The van der Waals surface area contributed by atoms with Crippen LogP contribution in [0.1, 0.15) is 31.7 Å². The lowest BCUT2D eigenvalue weighted by Crippen LogP contribution is -2.32. The van der Waals surface area contributed by atoms with Crippen molar-refractivity contribution < 1.29 is 9.84 Å². The molecule has 0 radical (unpaired) electrons. The second kappa shape index (κ2) is 5.54. The second-order valence-electron chi connectivity index (χ2n) is 5.65. The van der Waals surface area contributed by atoms with Gasteiger partial charge in [0.25, 0.3) is 5.56 Å². The van der Waals surface area contributed by atoms with E-state index in [4.69, 9.17) is 4.74 Å². The summed E-state index contributed by atoms with van der Waals surface area (Å²) >= 11 is 0. The number of aliphatic hydroxyl groups excluding tert-OH is 1. The number of nitrogens with zero attached hydrogens (tertiary/aromatic N) is 3. The van der Waals surface area contributed by atoms with Crippen LogP contribution in [0.2, 0.25) is 0 Å². The highest BCUT2D eigenvalue weighted by molar-refractivity contribution is 5.44. The van der Waals surface area contributed by atoms with Crippen LogP contribution in [0.25, 0.3) is 0 Å². The van der Waals surface area contributed by atoms with Crippen LogP contribution >= 0.6 is 0 Å². The van der Waals surface area contributed by atoms with Crippen molar-refractivity contribution in [2.45, 2.75) is 43.9 Å². The minimum Gasteiger partial charge on any atom is -0.391 e. The molecule has 1 unspecified atom stereocenters. The first kappa shape index (κ1) is 13.6. The molecule has 1 N–H and O–H groups in total. The van der Waals surface area contributed by atoms with E-state index in [0.29, 0.717) is 0 Å². The Hall–Kier alpha value is -1.40. The van der Waals surface area contributed by atoms with Crippen LogP contribution in [0.3, 0.4) is 0 Å². The average Bonchev–Trinajstić information content (AvgIpc) is 3.07. The summed E-state index contributed by atoms with van der Waals surface area (Å²) in [7, 11) is 1.71. The highest BCUT2D eigenvalue weighted by Crippen LogP contribution is 2.28. The van der Waals surface area contributed by atoms with Gasteiger partial charge in [-0.1, -0.05) is 0 Å². The van der Waals surface area contributed by atoms with Gasteiger partial charge in [0, 0.05) is 26.3 Å². The normalized spacial score (nSPS) is 30.1. The third kappa shape index (κ3) is 2.45. The molecule has 1 aliphatic heterocycles. The van der Waals surface area contributed by atoms with Gasteiger partial charge in [-0.25, -0.2) is 4.68 Å². The Labute approximate surface area is 118 Å². The zero-order valence-corrected chi connectivity index (χ0v) is 11.7. The molecule has 2 heterocycles. The van der Waals surface area contributed by atoms with Gasteiger partial charge in [0.15, 0.2) is 0 Å². The molecule has 1 aliphatic carbocycles. The van der Waals surface area contributed by atoms with Crippen LogP contribution in [0.15, 0.2) is 17.1 Å². The van der Waals surface area contributed by atoms with Crippen LogP contribution in [-0.4, -0.2) is 47.3 Å². The zero-order chi connectivity index (χ0) is 14.1. The van der Waals surface area contributed by atoms with Gasteiger partial charge in [-0.2, -0.15) is 5.10 Å². The molecule has 110 valence electrons. The van der Waals surface area contributed by atoms with E-state index in [1.165, 1.54) is 4.68 Å². The molecule has 1 saturated heterocycles. The number of ether oxygens (including phenoxy) is 1. The summed E-state index contributed by atoms with van der Waals surface area (Å²) in [6, 6.07) is 1.46. The first-order valence-corrected chi connectivity index (χ1v) is 7.23. The van der Waals surface area contributed by atoms with E-state index in [1.54, 1.807) is 19.4 Å². The highest BCUT2D eigenvalue weighted by atomic mass is 16.5. The molecular weight excluding hydrogens is 258 g/mol. The summed E-state index contributed by atoms with van der Waals surface area (Å²) in [4.78, 5) is 14.3. The lowest BCUT2D eigenvalue weighted by molar-refractivity contribution is 0.121. The fraction of sp³-hybridized carbons (Fsp3) is 0.714. The molecule has 6 nitrogen and oxygen atoms in total. The second-order valence-corrected chi connectivity index (χ2v) is 5.65. The summed E-state index contributed by atoms with van der Waals surface area (Å²) in [5.41, 5.74) is 0.715. The van der Waals surface area contributed by atoms with Gasteiger partial charge in [-0.3, -0.25) is 4.79 Å². The minimum atomic E-state index is -0.448. The maximum atomic E-state index is 12.2. The van der Waals surface area contributed by atoms with Crippen molar-refractivity contribution >= 4 is 5.69 Å². The third-order valence-electron chi connectivity index (χ3n) is 4.41. The summed E-state index contributed by atoms with van der Waals surface area (Å²) in [5, 5.41) is 14.2. The van der Waals surface area contributed by atoms with Crippen LogP contribution in [0.5, 0.6) is 0 Å². The van der Waals surface area contributed by atoms with Crippen molar-refractivity contribution in [3.8, 4) is 0 Å². The summed E-state index contributed by atoms with van der Waals surface area (Å²) in [6.07, 6.45) is 5.00. The Morgan fingerprint density at radius 3 is 2.85 bits per heavy atom. The van der Waals surface area contributed by atoms with Crippen molar-refractivity contribution in [1.29, 1.82) is 0 Å². The topological polar surface area (TPSA) is 67.6 Å². The Balaban J connectivity index is 1.79. The molecule has 3 atom stereocenters. The maximum Gasteiger partial charge on any atom is 0.269 e. The molecule has 1 aromatic heterocycles. The first-order chi connectivity index (χ1) is 9.69. The predicted octanol–water partition coefficient (Wildman–Crippen LogP) is 0.554. The predicted molar refractivity (Wildman–Crippen MR) is 75.0 cm³/mol. The lowest BCUT2D eigenvalue weighted by atomic mass is 10.2. The number of anilines is 1. The van der Waals surface area contributed by atoms with Crippen molar-refractivity contribution in [1.82, 2.24) is 9.78 Å². The number of rotatable bonds is 3. The number of hydrogen-bond donors (Lipinski definition) is 1. The Morgan fingerprint density at radius 2 is 2.25 bits per heavy atom. The largest absolute Gasteiger partial charge is 0.391 e. The van der Waals surface area contributed by atoms with Gasteiger partial charge in [-0.05, 0) is 25.7 Å². The van der Waals surface area contributed by atoms with Gasteiger partial charge in [0.05, 0.1) is 30.1 Å². The molecule has 0 amide bonds. The molecule has 1 aromatic rings. The van der Waals surface area contributed by atoms with Gasteiger partial charge >= 0.3 is 0 Å². The third-order valence-corrected chi connectivity index (χ3v) is 4.41. The minimum absolute atomic E-state index is 0.130. The van der Waals surface area contributed by atoms with E-state index in [0.717, 1.165) is 44.5 Å². The molecule has 2 aliphatic rings. The Kier molecular flexibility index (Phi) is 3.76. The molecule has 1 saturated carbocycles. The summed E-state index contributed by atoms with van der Waals surface area (Å²) in [5.74, 6) is 0. The SMILES string of the molecule is COC1CCN(c2cnn([C@H]3CCC[C@@H]3O)c(=O)c2)C1. The van der Waals surface area contributed by atoms with E-state index in [-0.39, 0.29) is 17.7 Å². The van der Waals surface area contributed by atoms with Crippen molar-refractivity contribution in [3.63, 3.8) is 0 Å². The first-order valence-electron chi connectivity index (χ1n) is 7.23. The molecule has 3 rings (SSSR count). The van der Waals surface area contributed by atoms with E-state index in [1.807, 2.05) is 0 Å². The molecule has 20 heavy (non-hydrogen) atoms. The van der Waals surface area contributed by atoms with Crippen molar-refractivity contribution in [2.75, 3.05) is 25.1 Å². The molecule has 6 heteroatoms. The van der Waals surface area contributed by atoms with Gasteiger partial charge in [-0.15, -0.1) is 0 Å². The monoisotopic (exact) mass is 279 g/mol. The molecule has 2 fully saturated rings. The maximum absolute atomic E-state index is 12.2.